The number of nitrogens with two attached hydrogens (primary N) is 1. The van der Waals surface area contributed by atoms with Crippen LogP contribution >= 0.6 is 0 Å². The molecule has 0 saturated heterocycles. The van der Waals surface area contributed by atoms with E-state index in [-0.39, 0.29) is 17.7 Å². The Morgan fingerprint density at radius 1 is 1.04 bits per heavy atom. The smallest absolute Gasteiger partial charge is 0.123 e. The molecule has 4 rings (SSSR count). The van der Waals surface area contributed by atoms with Gasteiger partial charge in [0, 0.05) is 17.1 Å². The molecular weight excluding hydrogens is 322 g/mol. The van der Waals surface area contributed by atoms with Crippen LogP contribution in [0.2, 0.25) is 0 Å². The summed E-state index contributed by atoms with van der Waals surface area (Å²) in [6.07, 6.45) is 4.03. The van der Waals surface area contributed by atoms with Crippen LogP contribution < -0.4 is 5.73 Å². The average Bonchev–Trinajstić information content (AvgIpc) is 3.23. The van der Waals surface area contributed by atoms with Gasteiger partial charge < -0.3 is 15.7 Å². The normalized spacial score (nSPS) is 12.6. The number of H-pyrrole nitrogens is 2. The Labute approximate surface area is 142 Å². The second-order valence-electron chi connectivity index (χ2n) is 6.00. The number of rotatable bonds is 4. The number of imidazole rings is 1. The number of nitrogens with one attached hydrogen (secondary N) is 2. The predicted molar refractivity (Wildman–Crippen MR) is 92.9 cm³/mol. The fraction of sp³-hybridized carbons (Fsp3) is 0.105. The van der Waals surface area contributed by atoms with E-state index in [1.54, 1.807) is 24.4 Å². The van der Waals surface area contributed by atoms with E-state index in [1.165, 1.54) is 24.3 Å². The molecule has 4 aromatic rings. The fourth-order valence-corrected chi connectivity index (χ4v) is 2.95. The fourth-order valence-electron chi connectivity index (χ4n) is 2.95. The Balaban J connectivity index is 1.57. The van der Waals surface area contributed by atoms with Crippen LogP contribution in [0.4, 0.5) is 8.78 Å². The second-order valence-corrected chi connectivity index (χ2v) is 6.00. The highest BCUT2D eigenvalue weighted by Crippen LogP contribution is 2.25. The minimum atomic E-state index is -0.364. The monoisotopic (exact) mass is 338 g/mol. The van der Waals surface area contributed by atoms with Crippen molar-refractivity contribution in [1.82, 2.24) is 15.0 Å². The summed E-state index contributed by atoms with van der Waals surface area (Å²) in [4.78, 5) is 10.6. The number of hydrogen-bond acceptors (Lipinski definition) is 2. The zero-order chi connectivity index (χ0) is 17.4. The molecule has 0 bridgehead atoms. The van der Waals surface area contributed by atoms with Gasteiger partial charge in [0.25, 0.3) is 0 Å². The van der Waals surface area contributed by atoms with E-state index in [1.807, 2.05) is 6.20 Å². The van der Waals surface area contributed by atoms with Gasteiger partial charge in [0.15, 0.2) is 0 Å². The summed E-state index contributed by atoms with van der Waals surface area (Å²) in [6, 6.07) is 10.4. The molecule has 2 aromatic heterocycles. The van der Waals surface area contributed by atoms with E-state index in [0.717, 1.165) is 27.7 Å². The maximum atomic E-state index is 13.5. The van der Waals surface area contributed by atoms with Gasteiger partial charge in [0.2, 0.25) is 0 Å². The molecule has 0 amide bonds. The van der Waals surface area contributed by atoms with Crippen molar-refractivity contribution < 1.29 is 8.78 Å². The number of aromatic nitrogens is 3. The van der Waals surface area contributed by atoms with Crippen molar-refractivity contribution in [2.75, 3.05) is 0 Å². The SMILES string of the molecule is N[C@@H](Cc1c[nH]c2ccc(F)cc12)c1ncc(-c2ccc(F)cc2)[nH]1. The van der Waals surface area contributed by atoms with Gasteiger partial charge >= 0.3 is 0 Å². The molecule has 2 aromatic carbocycles. The molecule has 0 aliphatic heterocycles. The van der Waals surface area contributed by atoms with E-state index in [0.29, 0.717) is 12.2 Å². The third kappa shape index (κ3) is 3.04. The van der Waals surface area contributed by atoms with Gasteiger partial charge in [0.05, 0.1) is 17.9 Å². The number of nitrogens with zero attached hydrogens (tertiary/aromatic N) is 1. The number of aromatic amines is 2. The molecule has 0 radical (unpaired) electrons. The minimum Gasteiger partial charge on any atom is -0.361 e. The highest BCUT2D eigenvalue weighted by Gasteiger charge is 2.15. The van der Waals surface area contributed by atoms with Crippen molar-refractivity contribution in [3.63, 3.8) is 0 Å². The van der Waals surface area contributed by atoms with Crippen molar-refractivity contribution >= 4 is 10.9 Å². The predicted octanol–water partition coefficient (Wildman–Crippen LogP) is 4.08. The molecule has 6 heteroatoms. The molecule has 126 valence electrons. The van der Waals surface area contributed by atoms with Crippen LogP contribution in [0, 0.1) is 11.6 Å². The van der Waals surface area contributed by atoms with Crippen LogP contribution in [-0.4, -0.2) is 15.0 Å². The topological polar surface area (TPSA) is 70.5 Å². The summed E-state index contributed by atoms with van der Waals surface area (Å²) < 4.78 is 26.5. The highest BCUT2D eigenvalue weighted by atomic mass is 19.1. The van der Waals surface area contributed by atoms with Crippen molar-refractivity contribution in [1.29, 1.82) is 0 Å². The quantitative estimate of drug-likeness (QED) is 0.525. The lowest BCUT2D eigenvalue weighted by atomic mass is 10.1. The Bertz CT molecular complexity index is 1020. The van der Waals surface area contributed by atoms with Crippen LogP contribution in [-0.2, 0) is 6.42 Å². The van der Waals surface area contributed by atoms with E-state index < -0.39 is 0 Å². The number of hydrogen-bond donors (Lipinski definition) is 3. The molecule has 0 aliphatic carbocycles. The van der Waals surface area contributed by atoms with Crippen LogP contribution in [0.1, 0.15) is 17.4 Å². The van der Waals surface area contributed by atoms with E-state index >= 15 is 0 Å². The van der Waals surface area contributed by atoms with Crippen LogP contribution in [0.15, 0.2) is 54.9 Å². The van der Waals surface area contributed by atoms with Gasteiger partial charge in [-0.2, -0.15) is 0 Å². The lowest BCUT2D eigenvalue weighted by Gasteiger charge is -2.08. The molecule has 0 unspecified atom stereocenters. The molecule has 0 saturated carbocycles. The summed E-state index contributed by atoms with van der Waals surface area (Å²) in [6.45, 7) is 0. The van der Waals surface area contributed by atoms with Gasteiger partial charge in [-0.15, -0.1) is 0 Å². The van der Waals surface area contributed by atoms with E-state index in [4.69, 9.17) is 5.73 Å². The summed E-state index contributed by atoms with van der Waals surface area (Å²) >= 11 is 0. The summed E-state index contributed by atoms with van der Waals surface area (Å²) in [5, 5.41) is 0.820. The molecule has 4 N–H and O–H groups in total. The summed E-state index contributed by atoms with van der Waals surface area (Å²) in [5.74, 6) is 0.0651. The van der Waals surface area contributed by atoms with Gasteiger partial charge in [-0.05, 0) is 60.0 Å². The number of fused-ring (bicyclic) bond motifs is 1. The first-order chi connectivity index (χ1) is 12.1. The third-order valence-corrected chi connectivity index (χ3v) is 4.27. The summed E-state index contributed by atoms with van der Waals surface area (Å²) in [7, 11) is 0. The summed E-state index contributed by atoms with van der Waals surface area (Å²) in [5.41, 5.74) is 9.68. The molecule has 0 aliphatic rings. The molecule has 0 fully saturated rings. The largest absolute Gasteiger partial charge is 0.361 e. The minimum absolute atomic E-state index is 0.279. The average molecular weight is 338 g/mol. The second kappa shape index (κ2) is 6.14. The van der Waals surface area contributed by atoms with Crippen LogP contribution in [0.5, 0.6) is 0 Å². The molecule has 1 atom stereocenters. The molecule has 0 spiro atoms. The first kappa shape index (κ1) is 15.5. The standard InChI is InChI=1S/C19H16F2N4/c20-13-3-1-11(2-4-13)18-10-24-19(25-18)16(22)7-12-9-23-17-6-5-14(21)8-15(12)17/h1-6,8-10,16,23H,7,22H2,(H,24,25)/t16-/m0/s1. The Morgan fingerprint density at radius 2 is 1.80 bits per heavy atom. The molecular formula is C19H16F2N4. The molecule has 25 heavy (non-hydrogen) atoms. The Hall–Kier alpha value is -2.99. The first-order valence-corrected chi connectivity index (χ1v) is 7.92. The zero-order valence-electron chi connectivity index (χ0n) is 13.3. The van der Waals surface area contributed by atoms with E-state index in [2.05, 4.69) is 15.0 Å². The number of benzene rings is 2. The highest BCUT2D eigenvalue weighted by molar-refractivity contribution is 5.83. The third-order valence-electron chi connectivity index (χ3n) is 4.27. The Kier molecular flexibility index (Phi) is 3.82. The van der Waals surface area contributed by atoms with E-state index in [9.17, 15) is 8.78 Å². The maximum absolute atomic E-state index is 13.5. The van der Waals surface area contributed by atoms with Gasteiger partial charge in [-0.1, -0.05) is 0 Å². The van der Waals surface area contributed by atoms with Gasteiger partial charge in [0.1, 0.15) is 17.5 Å². The van der Waals surface area contributed by atoms with Crippen LogP contribution in [0.3, 0.4) is 0 Å². The van der Waals surface area contributed by atoms with Crippen LogP contribution in [0.25, 0.3) is 22.2 Å². The molecule has 4 nitrogen and oxygen atoms in total. The lowest BCUT2D eigenvalue weighted by molar-refractivity contribution is 0.628. The maximum Gasteiger partial charge on any atom is 0.123 e. The van der Waals surface area contributed by atoms with Crippen molar-refractivity contribution in [3.8, 4) is 11.3 Å². The molecule has 2 heterocycles. The zero-order valence-corrected chi connectivity index (χ0v) is 13.3. The van der Waals surface area contributed by atoms with Crippen molar-refractivity contribution in [3.05, 3.63) is 77.9 Å². The van der Waals surface area contributed by atoms with Gasteiger partial charge in [-0.25, -0.2) is 13.8 Å². The van der Waals surface area contributed by atoms with Crippen molar-refractivity contribution in [2.45, 2.75) is 12.5 Å². The number of halogens is 2. The Morgan fingerprint density at radius 3 is 2.60 bits per heavy atom. The van der Waals surface area contributed by atoms with Crippen molar-refractivity contribution in [2.24, 2.45) is 5.73 Å². The first-order valence-electron chi connectivity index (χ1n) is 7.92. The van der Waals surface area contributed by atoms with Gasteiger partial charge in [-0.3, -0.25) is 0 Å². The lowest BCUT2D eigenvalue weighted by Crippen LogP contribution is -2.14.